The zero-order valence-electron chi connectivity index (χ0n) is 22.2. The number of likely N-dealkylation sites (N-methyl/N-ethyl adjacent to an activating group) is 1. The molecule has 3 aromatic carbocycles. The van der Waals surface area contributed by atoms with Gasteiger partial charge in [-0.05, 0) is 74.8 Å². The fraction of sp³-hybridized carbons (Fsp3) is 0.258. The molecule has 0 aromatic heterocycles. The van der Waals surface area contributed by atoms with E-state index in [1.165, 1.54) is 0 Å². The van der Waals surface area contributed by atoms with Gasteiger partial charge in [-0.2, -0.15) is 0 Å². The number of rotatable bonds is 8. The van der Waals surface area contributed by atoms with E-state index >= 15 is 0 Å². The summed E-state index contributed by atoms with van der Waals surface area (Å²) in [7, 11) is 1.79. The molecular formula is C31H32N4O4. The summed E-state index contributed by atoms with van der Waals surface area (Å²) in [5.74, 6) is -0.635. The Morgan fingerprint density at radius 1 is 0.974 bits per heavy atom. The van der Waals surface area contributed by atoms with Crippen LogP contribution in [-0.4, -0.2) is 56.0 Å². The van der Waals surface area contributed by atoms with Gasteiger partial charge < -0.3 is 20.3 Å². The number of hydrogen-bond acceptors (Lipinski definition) is 6. The molecule has 39 heavy (non-hydrogen) atoms. The minimum atomic E-state index is -0.433. The lowest BCUT2D eigenvalue weighted by atomic mass is 9.99. The van der Waals surface area contributed by atoms with Crippen molar-refractivity contribution in [2.24, 2.45) is 0 Å². The summed E-state index contributed by atoms with van der Waals surface area (Å²) < 4.78 is 5.11. The van der Waals surface area contributed by atoms with Crippen molar-refractivity contribution in [1.29, 1.82) is 0 Å². The van der Waals surface area contributed by atoms with Crippen LogP contribution in [0.1, 0.15) is 41.3 Å². The van der Waals surface area contributed by atoms with E-state index < -0.39 is 5.97 Å². The second-order valence-corrected chi connectivity index (χ2v) is 9.66. The lowest BCUT2D eigenvalue weighted by molar-refractivity contribution is -0.119. The van der Waals surface area contributed by atoms with Gasteiger partial charge in [0.1, 0.15) is 0 Å². The van der Waals surface area contributed by atoms with Crippen LogP contribution >= 0.6 is 0 Å². The molecular weight excluding hydrogens is 492 g/mol. The summed E-state index contributed by atoms with van der Waals surface area (Å²) in [6, 6.07) is 22.3. The highest BCUT2D eigenvalue weighted by molar-refractivity contribution is 6.37. The first kappa shape index (κ1) is 26.2. The van der Waals surface area contributed by atoms with Gasteiger partial charge in [0.15, 0.2) is 0 Å². The summed E-state index contributed by atoms with van der Waals surface area (Å²) in [5, 5.41) is 6.33. The Kier molecular flexibility index (Phi) is 7.74. The third kappa shape index (κ3) is 5.71. The first-order chi connectivity index (χ1) is 18.9. The highest BCUT2D eigenvalue weighted by Crippen LogP contribution is 2.38. The average molecular weight is 525 g/mol. The smallest absolute Gasteiger partial charge is 0.338 e. The lowest BCUT2D eigenvalue weighted by Gasteiger charge is -2.22. The van der Waals surface area contributed by atoms with Gasteiger partial charge >= 0.3 is 5.97 Å². The lowest BCUT2D eigenvalue weighted by Crippen LogP contribution is -2.37. The van der Waals surface area contributed by atoms with E-state index in [0.717, 1.165) is 42.9 Å². The normalized spacial score (nSPS) is 15.9. The molecule has 8 nitrogen and oxygen atoms in total. The molecule has 0 radical (unpaired) electrons. The first-order valence-electron chi connectivity index (χ1n) is 13.2. The predicted octanol–water partition coefficient (Wildman–Crippen LogP) is 4.85. The Morgan fingerprint density at radius 3 is 2.38 bits per heavy atom. The molecule has 0 atom stereocenters. The Hall–Kier alpha value is -4.43. The van der Waals surface area contributed by atoms with Crippen molar-refractivity contribution in [3.8, 4) is 0 Å². The van der Waals surface area contributed by atoms with Crippen LogP contribution in [0.2, 0.25) is 0 Å². The molecule has 200 valence electrons. The van der Waals surface area contributed by atoms with Gasteiger partial charge in [-0.15, -0.1) is 0 Å². The van der Waals surface area contributed by atoms with Crippen LogP contribution in [0.25, 0.3) is 11.3 Å². The van der Waals surface area contributed by atoms with E-state index in [1.807, 2.05) is 54.6 Å². The monoisotopic (exact) mass is 524 g/mol. The molecule has 2 aliphatic heterocycles. The summed E-state index contributed by atoms with van der Waals surface area (Å²) in [5.41, 5.74) is 5.17. The number of fused-ring (bicyclic) bond motifs is 1. The molecule has 2 aliphatic rings. The number of nitrogens with zero attached hydrogens (tertiary/aromatic N) is 2. The number of esters is 1. The van der Waals surface area contributed by atoms with Crippen molar-refractivity contribution in [2.45, 2.75) is 19.8 Å². The number of likely N-dealkylation sites (tertiary alicyclic amines) is 1. The largest absolute Gasteiger partial charge is 0.462 e. The third-order valence-corrected chi connectivity index (χ3v) is 7.04. The van der Waals surface area contributed by atoms with Crippen molar-refractivity contribution in [3.05, 3.63) is 89.5 Å². The summed E-state index contributed by atoms with van der Waals surface area (Å²) >= 11 is 0. The molecule has 0 bridgehead atoms. The van der Waals surface area contributed by atoms with Gasteiger partial charge in [0, 0.05) is 24.0 Å². The molecule has 2 N–H and O–H groups in total. The number of anilines is 3. The van der Waals surface area contributed by atoms with Crippen LogP contribution in [0.3, 0.4) is 0 Å². The summed E-state index contributed by atoms with van der Waals surface area (Å²) in [6.45, 7) is 4.40. The molecule has 1 fully saturated rings. The van der Waals surface area contributed by atoms with Gasteiger partial charge in [0.2, 0.25) is 5.91 Å². The molecule has 0 spiro atoms. The number of nitrogens with one attached hydrogen (secondary N) is 2. The minimum absolute atomic E-state index is 0.0612. The van der Waals surface area contributed by atoms with E-state index in [1.54, 1.807) is 37.1 Å². The Balaban J connectivity index is 1.43. The van der Waals surface area contributed by atoms with Gasteiger partial charge in [0.25, 0.3) is 5.91 Å². The maximum atomic E-state index is 13.2. The van der Waals surface area contributed by atoms with Crippen LogP contribution in [-0.2, 0) is 14.3 Å². The van der Waals surface area contributed by atoms with Crippen molar-refractivity contribution >= 4 is 46.1 Å². The molecule has 0 saturated carbocycles. The number of amides is 2. The van der Waals surface area contributed by atoms with Gasteiger partial charge in [0.05, 0.1) is 35.7 Å². The van der Waals surface area contributed by atoms with Crippen molar-refractivity contribution in [1.82, 2.24) is 4.90 Å². The van der Waals surface area contributed by atoms with Crippen LogP contribution in [0, 0.1) is 0 Å². The second kappa shape index (κ2) is 11.5. The standard InChI is InChI=1S/C31H32N4O4/c1-3-39-31(38)22-11-16-25-26(19-22)33-30(37)28(25)29(21-9-5-4-6-10-21)32-23-12-14-24(15-13-23)34(2)27(36)20-35-17-7-8-18-35/h4-6,9-16,19,32H,3,7-8,17-18,20H2,1-2H3,(H,33,37)/b29-28-. The van der Waals surface area contributed by atoms with E-state index in [4.69, 9.17) is 4.74 Å². The highest BCUT2D eigenvalue weighted by Gasteiger charge is 2.29. The number of hydrogen-bond donors (Lipinski definition) is 2. The zero-order chi connectivity index (χ0) is 27.4. The third-order valence-electron chi connectivity index (χ3n) is 7.04. The molecule has 2 heterocycles. The summed E-state index contributed by atoms with van der Waals surface area (Å²) in [6.07, 6.45) is 2.29. The number of benzene rings is 3. The minimum Gasteiger partial charge on any atom is -0.462 e. The van der Waals surface area contributed by atoms with Crippen molar-refractivity contribution < 1.29 is 19.1 Å². The van der Waals surface area contributed by atoms with E-state index in [2.05, 4.69) is 15.5 Å². The van der Waals surface area contributed by atoms with Gasteiger partial charge in [-0.1, -0.05) is 36.4 Å². The number of carbonyl (C=O) groups excluding carboxylic acids is 3. The molecule has 1 saturated heterocycles. The molecule has 0 aliphatic carbocycles. The first-order valence-corrected chi connectivity index (χ1v) is 13.2. The molecule has 8 heteroatoms. The van der Waals surface area contributed by atoms with Crippen LogP contribution in [0.15, 0.2) is 72.8 Å². The van der Waals surface area contributed by atoms with Crippen molar-refractivity contribution in [2.75, 3.05) is 48.8 Å². The average Bonchev–Trinajstić information content (AvgIpc) is 3.58. The highest BCUT2D eigenvalue weighted by atomic mass is 16.5. The molecule has 2 amide bonds. The Bertz CT molecular complexity index is 1410. The molecule has 0 unspecified atom stereocenters. The Morgan fingerprint density at radius 2 is 1.69 bits per heavy atom. The number of carbonyl (C=O) groups is 3. The SMILES string of the molecule is CCOC(=O)c1ccc2c(c1)NC(=O)/C2=C(\Nc1ccc(N(C)C(=O)CN2CCCC2)cc1)c1ccccc1. The van der Waals surface area contributed by atoms with Crippen LogP contribution < -0.4 is 15.5 Å². The maximum absolute atomic E-state index is 13.2. The van der Waals surface area contributed by atoms with Crippen LogP contribution in [0.5, 0.6) is 0 Å². The quantitative estimate of drug-likeness (QED) is 0.323. The molecule has 5 rings (SSSR count). The van der Waals surface area contributed by atoms with E-state index in [9.17, 15) is 14.4 Å². The van der Waals surface area contributed by atoms with Crippen molar-refractivity contribution in [3.63, 3.8) is 0 Å². The predicted molar refractivity (Wildman–Crippen MR) is 153 cm³/mol. The maximum Gasteiger partial charge on any atom is 0.338 e. The van der Waals surface area contributed by atoms with Gasteiger partial charge in [-0.25, -0.2) is 4.79 Å². The fourth-order valence-electron chi connectivity index (χ4n) is 4.94. The fourth-order valence-corrected chi connectivity index (χ4v) is 4.94. The summed E-state index contributed by atoms with van der Waals surface area (Å²) in [4.78, 5) is 42.1. The number of ether oxygens (including phenoxy) is 1. The van der Waals surface area contributed by atoms with E-state index in [-0.39, 0.29) is 18.4 Å². The zero-order valence-corrected chi connectivity index (χ0v) is 22.2. The topological polar surface area (TPSA) is 91.0 Å². The van der Waals surface area contributed by atoms with Crippen LogP contribution in [0.4, 0.5) is 17.1 Å². The Labute approximate surface area is 228 Å². The van der Waals surface area contributed by atoms with E-state index in [0.29, 0.717) is 34.6 Å². The van der Waals surface area contributed by atoms with Gasteiger partial charge in [-0.3, -0.25) is 14.5 Å². The second-order valence-electron chi connectivity index (χ2n) is 9.66. The molecule has 3 aromatic rings.